The molecule has 0 aromatic carbocycles. The van der Waals surface area contributed by atoms with E-state index in [2.05, 4.69) is 10.0 Å². The first-order valence-corrected chi connectivity index (χ1v) is 6.93. The highest BCUT2D eigenvalue weighted by Gasteiger charge is 2.20. The maximum atomic E-state index is 11.7. The molecule has 0 spiro atoms. The summed E-state index contributed by atoms with van der Waals surface area (Å²) in [5.74, 6) is 0. The molecule has 2 N–H and O–H groups in total. The Bertz CT molecular complexity index is 288. The van der Waals surface area contributed by atoms with Gasteiger partial charge in [-0.25, -0.2) is 4.72 Å². The van der Waals surface area contributed by atoms with Crippen molar-refractivity contribution >= 4 is 10.2 Å². The van der Waals surface area contributed by atoms with Crippen LogP contribution in [0.15, 0.2) is 0 Å². The normalized spacial score (nSPS) is 21.8. The molecule has 0 saturated carbocycles. The summed E-state index contributed by atoms with van der Waals surface area (Å²) >= 11 is 0. The van der Waals surface area contributed by atoms with Crippen LogP contribution in [0.4, 0.5) is 0 Å². The van der Waals surface area contributed by atoms with Gasteiger partial charge < -0.3 is 10.1 Å². The molecule has 0 bridgehead atoms. The van der Waals surface area contributed by atoms with E-state index in [4.69, 9.17) is 4.74 Å². The molecule has 1 aliphatic rings. The van der Waals surface area contributed by atoms with Gasteiger partial charge in [0.2, 0.25) is 0 Å². The highest BCUT2D eigenvalue weighted by molar-refractivity contribution is 7.87. The lowest BCUT2D eigenvalue weighted by atomic mass is 10.2. The third-order valence-corrected chi connectivity index (χ3v) is 4.23. The Kier molecular flexibility index (Phi) is 5.63. The summed E-state index contributed by atoms with van der Waals surface area (Å²) in [7, 11) is -0.260. The molecule has 0 amide bonds. The van der Waals surface area contributed by atoms with Gasteiger partial charge in [0.1, 0.15) is 0 Å². The fourth-order valence-electron chi connectivity index (χ4n) is 1.59. The quantitative estimate of drug-likeness (QED) is 0.618. The lowest BCUT2D eigenvalue weighted by molar-refractivity contribution is 0.184. The third kappa shape index (κ3) is 4.34. The van der Waals surface area contributed by atoms with Crippen LogP contribution in [-0.2, 0) is 14.9 Å². The third-order valence-electron chi connectivity index (χ3n) is 2.70. The molecule has 96 valence electrons. The molecule has 0 aromatic rings. The van der Waals surface area contributed by atoms with Gasteiger partial charge in [-0.15, -0.1) is 0 Å². The van der Waals surface area contributed by atoms with Gasteiger partial charge in [-0.2, -0.15) is 12.7 Å². The number of rotatable bonds is 7. The van der Waals surface area contributed by atoms with E-state index in [0.29, 0.717) is 19.7 Å². The van der Waals surface area contributed by atoms with Crippen LogP contribution in [0, 0.1) is 0 Å². The molecule has 1 unspecified atom stereocenters. The number of ether oxygens (including phenoxy) is 1. The molecule has 1 atom stereocenters. The highest BCUT2D eigenvalue weighted by Crippen LogP contribution is 2.04. The van der Waals surface area contributed by atoms with E-state index in [1.165, 1.54) is 4.31 Å². The molecule has 7 heteroatoms. The Morgan fingerprint density at radius 1 is 1.56 bits per heavy atom. The first-order valence-electron chi connectivity index (χ1n) is 5.49. The molecule has 1 aliphatic heterocycles. The fraction of sp³-hybridized carbons (Fsp3) is 1.00. The lowest BCUT2D eigenvalue weighted by Gasteiger charge is -2.19. The summed E-state index contributed by atoms with van der Waals surface area (Å²) in [6.07, 6.45) is 2.15. The van der Waals surface area contributed by atoms with Crippen molar-refractivity contribution in [3.05, 3.63) is 0 Å². The molecule has 0 radical (unpaired) electrons. The smallest absolute Gasteiger partial charge is 0.279 e. The first kappa shape index (κ1) is 13.9. The first-order chi connectivity index (χ1) is 7.56. The topological polar surface area (TPSA) is 70.7 Å². The molecular formula is C9H21N3O3S. The Balaban J connectivity index is 2.32. The Hall–Kier alpha value is -0.210. The van der Waals surface area contributed by atoms with E-state index in [1.807, 2.05) is 0 Å². The van der Waals surface area contributed by atoms with Crippen molar-refractivity contribution in [1.29, 1.82) is 0 Å². The average Bonchev–Trinajstić information content (AvgIpc) is 2.76. The molecule has 0 aromatic heterocycles. The molecule has 6 nitrogen and oxygen atoms in total. The van der Waals surface area contributed by atoms with E-state index < -0.39 is 10.2 Å². The molecule has 1 rings (SSSR count). The van der Waals surface area contributed by atoms with Crippen LogP contribution < -0.4 is 10.0 Å². The summed E-state index contributed by atoms with van der Waals surface area (Å²) in [5.41, 5.74) is 0. The molecule has 1 fully saturated rings. The number of hydrogen-bond acceptors (Lipinski definition) is 4. The molecular weight excluding hydrogens is 230 g/mol. The van der Waals surface area contributed by atoms with Gasteiger partial charge in [-0.05, 0) is 19.4 Å². The SMILES string of the molecule is COCCN(C)S(=O)(=O)NCC1CCCN1. The van der Waals surface area contributed by atoms with Crippen LogP contribution in [-0.4, -0.2) is 59.2 Å². The van der Waals surface area contributed by atoms with Crippen LogP contribution in [0.1, 0.15) is 12.8 Å². The second-order valence-electron chi connectivity index (χ2n) is 3.96. The minimum atomic E-state index is -3.36. The Labute approximate surface area is 97.5 Å². The second kappa shape index (κ2) is 6.51. The molecule has 1 heterocycles. The zero-order valence-corrected chi connectivity index (χ0v) is 10.7. The molecule has 16 heavy (non-hydrogen) atoms. The monoisotopic (exact) mass is 251 g/mol. The van der Waals surface area contributed by atoms with Gasteiger partial charge in [0.15, 0.2) is 0 Å². The standard InChI is InChI=1S/C9H21N3O3S/c1-12(6-7-15-2)16(13,14)11-8-9-4-3-5-10-9/h9-11H,3-8H2,1-2H3. The van der Waals surface area contributed by atoms with Crippen molar-refractivity contribution in [3.63, 3.8) is 0 Å². The molecule has 1 saturated heterocycles. The summed E-state index contributed by atoms with van der Waals surface area (Å²) < 4.78 is 32.1. The van der Waals surface area contributed by atoms with Gasteiger partial charge in [0, 0.05) is 33.3 Å². The zero-order chi connectivity index (χ0) is 12.0. The van der Waals surface area contributed by atoms with Crippen molar-refractivity contribution in [1.82, 2.24) is 14.3 Å². The minimum absolute atomic E-state index is 0.269. The summed E-state index contributed by atoms with van der Waals surface area (Å²) in [6.45, 7) is 2.20. The van der Waals surface area contributed by atoms with Crippen LogP contribution in [0.3, 0.4) is 0 Å². The van der Waals surface area contributed by atoms with Crippen LogP contribution in [0.25, 0.3) is 0 Å². The number of nitrogens with one attached hydrogen (secondary N) is 2. The van der Waals surface area contributed by atoms with Gasteiger partial charge in [-0.1, -0.05) is 0 Å². The van der Waals surface area contributed by atoms with E-state index in [9.17, 15) is 8.42 Å². The van der Waals surface area contributed by atoms with Gasteiger partial charge in [0.25, 0.3) is 10.2 Å². The number of likely N-dealkylation sites (N-methyl/N-ethyl adjacent to an activating group) is 1. The van der Waals surface area contributed by atoms with Crippen molar-refractivity contribution < 1.29 is 13.2 Å². The summed E-state index contributed by atoms with van der Waals surface area (Å²) in [4.78, 5) is 0. The van der Waals surface area contributed by atoms with E-state index >= 15 is 0 Å². The van der Waals surface area contributed by atoms with Crippen molar-refractivity contribution in [2.24, 2.45) is 0 Å². The van der Waals surface area contributed by atoms with Gasteiger partial charge in [0.05, 0.1) is 6.61 Å². The number of hydrogen-bond donors (Lipinski definition) is 2. The van der Waals surface area contributed by atoms with Crippen LogP contribution in [0.2, 0.25) is 0 Å². The van der Waals surface area contributed by atoms with Crippen molar-refractivity contribution in [3.8, 4) is 0 Å². The number of methoxy groups -OCH3 is 1. The maximum Gasteiger partial charge on any atom is 0.279 e. The number of nitrogens with zero attached hydrogens (tertiary/aromatic N) is 1. The van der Waals surface area contributed by atoms with Crippen LogP contribution >= 0.6 is 0 Å². The molecule has 0 aliphatic carbocycles. The predicted octanol–water partition coefficient (Wildman–Crippen LogP) is -0.849. The highest BCUT2D eigenvalue weighted by atomic mass is 32.2. The summed E-state index contributed by atoms with van der Waals surface area (Å²) in [5, 5.41) is 3.24. The Morgan fingerprint density at radius 3 is 2.88 bits per heavy atom. The van der Waals surface area contributed by atoms with E-state index in [0.717, 1.165) is 19.4 Å². The van der Waals surface area contributed by atoms with Gasteiger partial charge >= 0.3 is 0 Å². The summed E-state index contributed by atoms with van der Waals surface area (Å²) in [6, 6.07) is 0.269. The largest absolute Gasteiger partial charge is 0.383 e. The minimum Gasteiger partial charge on any atom is -0.383 e. The van der Waals surface area contributed by atoms with E-state index in [1.54, 1.807) is 14.2 Å². The van der Waals surface area contributed by atoms with Crippen molar-refractivity contribution in [2.75, 3.05) is 40.4 Å². The maximum absolute atomic E-state index is 11.7. The van der Waals surface area contributed by atoms with Crippen molar-refractivity contribution in [2.45, 2.75) is 18.9 Å². The van der Waals surface area contributed by atoms with Gasteiger partial charge in [-0.3, -0.25) is 0 Å². The average molecular weight is 251 g/mol. The lowest BCUT2D eigenvalue weighted by Crippen LogP contribution is -2.44. The zero-order valence-electron chi connectivity index (χ0n) is 9.90. The second-order valence-corrected chi connectivity index (χ2v) is 5.82. The van der Waals surface area contributed by atoms with Crippen LogP contribution in [0.5, 0.6) is 0 Å². The van der Waals surface area contributed by atoms with E-state index in [-0.39, 0.29) is 6.04 Å². The predicted molar refractivity (Wildman–Crippen MR) is 62.5 cm³/mol. The Morgan fingerprint density at radius 2 is 2.31 bits per heavy atom. The fourth-order valence-corrected chi connectivity index (χ4v) is 2.53.